The van der Waals surface area contributed by atoms with Gasteiger partial charge in [0, 0.05) is 14.2 Å². The van der Waals surface area contributed by atoms with Crippen molar-refractivity contribution in [3.8, 4) is 0 Å². The Morgan fingerprint density at radius 1 is 1.38 bits per heavy atom. The molecule has 0 atom stereocenters. The van der Waals surface area contributed by atoms with Crippen LogP contribution in [0.2, 0.25) is 0 Å². The topological polar surface area (TPSA) is 30.5 Å². The van der Waals surface area contributed by atoms with Crippen molar-refractivity contribution >= 4 is 18.4 Å². The second-order valence-electron chi connectivity index (χ2n) is 1.09. The van der Waals surface area contributed by atoms with E-state index in [0.29, 0.717) is 0 Å². The Labute approximate surface area is 54.6 Å². The summed E-state index contributed by atoms with van der Waals surface area (Å²) in [5.74, 6) is 0. The summed E-state index contributed by atoms with van der Waals surface area (Å²) in [6.45, 7) is -2.08. The molecule has 8 heavy (non-hydrogen) atoms. The van der Waals surface area contributed by atoms with E-state index in [1.165, 1.54) is 14.2 Å². The van der Waals surface area contributed by atoms with E-state index in [0.717, 1.165) is 0 Å². The van der Waals surface area contributed by atoms with E-state index in [1.54, 1.807) is 7.05 Å². The number of hydrogen-bond acceptors (Lipinski definition) is 3. The SMILES string of the molecule is CNP(=S)(OC)OC. The molecule has 0 spiro atoms. The first-order chi connectivity index (χ1) is 3.68. The molecule has 0 fully saturated rings. The fourth-order valence-corrected chi connectivity index (χ4v) is 0.771. The van der Waals surface area contributed by atoms with Crippen molar-refractivity contribution < 1.29 is 9.05 Å². The first kappa shape index (κ1) is 8.53. The van der Waals surface area contributed by atoms with Crippen molar-refractivity contribution in [2.45, 2.75) is 0 Å². The van der Waals surface area contributed by atoms with Gasteiger partial charge in [-0.05, 0) is 18.9 Å². The maximum Gasteiger partial charge on any atom is 0.260 e. The minimum atomic E-state index is -2.08. The van der Waals surface area contributed by atoms with Crippen LogP contribution in [-0.2, 0) is 20.9 Å². The summed E-state index contributed by atoms with van der Waals surface area (Å²) in [5, 5.41) is 2.76. The van der Waals surface area contributed by atoms with Crippen LogP contribution in [0, 0.1) is 0 Å². The molecule has 0 aromatic heterocycles. The molecule has 0 aliphatic rings. The second-order valence-corrected chi connectivity index (χ2v) is 4.70. The molecule has 0 aliphatic carbocycles. The van der Waals surface area contributed by atoms with Gasteiger partial charge in [0.15, 0.2) is 0 Å². The Bertz CT molecular complexity index is 88.4. The van der Waals surface area contributed by atoms with Gasteiger partial charge >= 0.3 is 0 Å². The summed E-state index contributed by atoms with van der Waals surface area (Å²) in [6, 6.07) is 0. The van der Waals surface area contributed by atoms with Crippen molar-refractivity contribution in [3.05, 3.63) is 0 Å². The van der Waals surface area contributed by atoms with Gasteiger partial charge in [0.05, 0.1) is 0 Å². The van der Waals surface area contributed by atoms with Crippen LogP contribution in [0.25, 0.3) is 0 Å². The van der Waals surface area contributed by atoms with Crippen molar-refractivity contribution in [3.63, 3.8) is 0 Å². The molecule has 1 N–H and O–H groups in total. The van der Waals surface area contributed by atoms with Gasteiger partial charge in [-0.3, -0.25) is 0 Å². The third-order valence-electron chi connectivity index (χ3n) is 0.755. The lowest BCUT2D eigenvalue weighted by Gasteiger charge is -2.14. The van der Waals surface area contributed by atoms with E-state index >= 15 is 0 Å². The van der Waals surface area contributed by atoms with E-state index in [1.807, 2.05) is 0 Å². The van der Waals surface area contributed by atoms with Crippen molar-refractivity contribution in [1.29, 1.82) is 0 Å². The van der Waals surface area contributed by atoms with E-state index < -0.39 is 6.64 Å². The molecule has 0 unspecified atom stereocenters. The van der Waals surface area contributed by atoms with Gasteiger partial charge in [-0.1, -0.05) is 0 Å². The quantitative estimate of drug-likeness (QED) is 0.608. The first-order valence-corrected chi connectivity index (χ1v) is 4.73. The molecule has 50 valence electrons. The smallest absolute Gasteiger partial charge is 0.260 e. The van der Waals surface area contributed by atoms with E-state index in [2.05, 4.69) is 5.09 Å². The molecule has 0 bridgehead atoms. The highest BCUT2D eigenvalue weighted by atomic mass is 32.5. The van der Waals surface area contributed by atoms with Gasteiger partial charge in [0.1, 0.15) is 0 Å². The largest absolute Gasteiger partial charge is 0.321 e. The zero-order chi connectivity index (χ0) is 6.62. The zero-order valence-electron chi connectivity index (χ0n) is 5.17. The third kappa shape index (κ3) is 2.20. The van der Waals surface area contributed by atoms with Crippen molar-refractivity contribution in [2.75, 3.05) is 21.3 Å². The molecule has 0 aromatic carbocycles. The maximum atomic E-state index is 4.86. The summed E-state index contributed by atoms with van der Waals surface area (Å²) < 4.78 is 9.66. The number of nitrogens with one attached hydrogen (secondary N) is 1. The van der Waals surface area contributed by atoms with E-state index in [4.69, 9.17) is 20.9 Å². The molecular weight excluding hydrogens is 145 g/mol. The molecule has 3 nitrogen and oxygen atoms in total. The zero-order valence-corrected chi connectivity index (χ0v) is 6.88. The predicted octanol–water partition coefficient (Wildman–Crippen LogP) is 0.723. The molecule has 0 saturated carbocycles. The molecule has 0 rings (SSSR count). The molecule has 0 aliphatic heterocycles. The third-order valence-corrected chi connectivity index (χ3v) is 3.71. The highest BCUT2D eigenvalue weighted by molar-refractivity contribution is 8.08. The Hall–Kier alpha value is 0.530. The van der Waals surface area contributed by atoms with Gasteiger partial charge < -0.3 is 9.05 Å². The summed E-state index contributed by atoms with van der Waals surface area (Å²) >= 11 is 4.86. The van der Waals surface area contributed by atoms with Crippen molar-refractivity contribution in [2.24, 2.45) is 0 Å². The minimum Gasteiger partial charge on any atom is -0.321 e. The summed E-state index contributed by atoms with van der Waals surface area (Å²) in [5.41, 5.74) is 0. The van der Waals surface area contributed by atoms with E-state index in [-0.39, 0.29) is 0 Å². The Morgan fingerprint density at radius 3 is 1.75 bits per heavy atom. The van der Waals surface area contributed by atoms with Crippen LogP contribution in [0.3, 0.4) is 0 Å². The number of hydrogen-bond donors (Lipinski definition) is 1. The van der Waals surface area contributed by atoms with Crippen LogP contribution in [0.15, 0.2) is 0 Å². The molecule has 0 amide bonds. The molecule has 5 heteroatoms. The average molecular weight is 155 g/mol. The summed E-state index contributed by atoms with van der Waals surface area (Å²) in [4.78, 5) is 0. The first-order valence-electron chi connectivity index (χ1n) is 2.09. The van der Waals surface area contributed by atoms with Gasteiger partial charge in [0.2, 0.25) is 0 Å². The molecule has 0 saturated heterocycles. The van der Waals surface area contributed by atoms with Crippen LogP contribution in [-0.4, -0.2) is 21.3 Å². The molecule has 0 radical (unpaired) electrons. The van der Waals surface area contributed by atoms with E-state index in [9.17, 15) is 0 Å². The lowest BCUT2D eigenvalue weighted by molar-refractivity contribution is 0.330. The Morgan fingerprint density at radius 2 is 1.75 bits per heavy atom. The van der Waals surface area contributed by atoms with Crippen LogP contribution < -0.4 is 5.09 Å². The van der Waals surface area contributed by atoms with Gasteiger partial charge in [0.25, 0.3) is 6.64 Å². The summed E-state index contributed by atoms with van der Waals surface area (Å²) in [6.07, 6.45) is 0. The van der Waals surface area contributed by atoms with Crippen LogP contribution in [0.4, 0.5) is 0 Å². The molecular formula is C3H10NO2PS. The van der Waals surface area contributed by atoms with Crippen LogP contribution in [0.1, 0.15) is 0 Å². The molecule has 0 aromatic rings. The Kier molecular flexibility index (Phi) is 3.77. The summed E-state index contributed by atoms with van der Waals surface area (Å²) in [7, 11) is 4.77. The Balaban J connectivity index is 3.79. The number of rotatable bonds is 3. The van der Waals surface area contributed by atoms with Gasteiger partial charge in [-0.15, -0.1) is 0 Å². The standard InChI is InChI=1S/C3H10NO2PS/c1-4-7(8,5-2)6-3/h1-3H3,(H,4,8). The normalized spacial score (nSPS) is 11.9. The lowest BCUT2D eigenvalue weighted by Crippen LogP contribution is -2.04. The van der Waals surface area contributed by atoms with Crippen LogP contribution in [0.5, 0.6) is 0 Å². The highest BCUT2D eigenvalue weighted by Crippen LogP contribution is 2.40. The highest BCUT2D eigenvalue weighted by Gasteiger charge is 2.09. The van der Waals surface area contributed by atoms with Crippen molar-refractivity contribution in [1.82, 2.24) is 5.09 Å². The fraction of sp³-hybridized carbons (Fsp3) is 1.00. The van der Waals surface area contributed by atoms with Gasteiger partial charge in [-0.25, -0.2) is 5.09 Å². The second kappa shape index (κ2) is 3.54. The maximum absolute atomic E-state index is 4.86. The van der Waals surface area contributed by atoms with Crippen LogP contribution >= 0.6 is 6.64 Å². The molecule has 0 heterocycles. The fourth-order valence-electron chi connectivity index (χ4n) is 0.257. The minimum absolute atomic E-state index is 1.53. The predicted molar refractivity (Wildman–Crippen MR) is 37.4 cm³/mol. The monoisotopic (exact) mass is 155 g/mol. The van der Waals surface area contributed by atoms with Gasteiger partial charge in [-0.2, -0.15) is 0 Å². The average Bonchev–Trinajstić information content (AvgIpc) is 1.87. The lowest BCUT2D eigenvalue weighted by atomic mass is 11.6.